The fourth-order valence-corrected chi connectivity index (χ4v) is 2.52. The predicted molar refractivity (Wildman–Crippen MR) is 62.1 cm³/mol. The highest BCUT2D eigenvalue weighted by molar-refractivity contribution is 6.31. The summed E-state index contributed by atoms with van der Waals surface area (Å²) < 4.78 is 32.3. The van der Waals surface area contributed by atoms with Gasteiger partial charge in [-0.25, -0.2) is 8.78 Å². The summed E-state index contributed by atoms with van der Waals surface area (Å²) in [4.78, 5) is 0. The molecule has 17 heavy (non-hydrogen) atoms. The van der Waals surface area contributed by atoms with E-state index in [9.17, 15) is 8.78 Å². The third-order valence-corrected chi connectivity index (χ3v) is 3.47. The van der Waals surface area contributed by atoms with E-state index in [0.717, 1.165) is 12.5 Å². The minimum Gasteiger partial charge on any atom is -0.381 e. The second-order valence-corrected chi connectivity index (χ2v) is 4.55. The summed E-state index contributed by atoms with van der Waals surface area (Å²) in [6.07, 6.45) is 0.817. The van der Waals surface area contributed by atoms with Crippen molar-refractivity contribution in [1.82, 2.24) is 5.32 Å². The largest absolute Gasteiger partial charge is 0.381 e. The number of nitrogens with one attached hydrogen (secondary N) is 1. The summed E-state index contributed by atoms with van der Waals surface area (Å²) >= 11 is 5.97. The van der Waals surface area contributed by atoms with Crippen LogP contribution in [0.3, 0.4) is 0 Å². The van der Waals surface area contributed by atoms with Gasteiger partial charge in [-0.3, -0.25) is 0 Å². The smallest absolute Gasteiger partial charge is 0.165 e. The third-order valence-electron chi connectivity index (χ3n) is 3.14. The van der Waals surface area contributed by atoms with Crippen molar-refractivity contribution in [2.45, 2.75) is 12.5 Å². The van der Waals surface area contributed by atoms with Crippen LogP contribution >= 0.6 is 11.6 Å². The van der Waals surface area contributed by atoms with E-state index in [4.69, 9.17) is 16.3 Å². The summed E-state index contributed by atoms with van der Waals surface area (Å²) in [5, 5.41) is 3.24. The van der Waals surface area contributed by atoms with Crippen LogP contribution in [-0.4, -0.2) is 20.3 Å². The van der Waals surface area contributed by atoms with Gasteiger partial charge in [0.25, 0.3) is 0 Å². The number of ether oxygens (including phenoxy) is 1. The molecular weight excluding hydrogens is 248 g/mol. The first-order valence-electron chi connectivity index (χ1n) is 5.53. The lowest BCUT2D eigenvalue weighted by Crippen LogP contribution is -2.27. The molecule has 1 saturated heterocycles. The number of hydrogen-bond donors (Lipinski definition) is 1. The second kappa shape index (κ2) is 5.29. The molecule has 2 atom stereocenters. The van der Waals surface area contributed by atoms with Crippen LogP contribution in [0.1, 0.15) is 18.0 Å². The Balaban J connectivity index is 2.39. The Labute approximate surface area is 104 Å². The van der Waals surface area contributed by atoms with E-state index in [1.807, 2.05) is 0 Å². The van der Waals surface area contributed by atoms with Crippen molar-refractivity contribution < 1.29 is 13.5 Å². The molecule has 1 aliphatic heterocycles. The molecule has 1 aromatic carbocycles. The van der Waals surface area contributed by atoms with Crippen LogP contribution in [-0.2, 0) is 4.74 Å². The van der Waals surface area contributed by atoms with Gasteiger partial charge in [-0.15, -0.1) is 0 Å². The molecule has 2 rings (SSSR count). The van der Waals surface area contributed by atoms with Gasteiger partial charge in [-0.2, -0.15) is 0 Å². The van der Waals surface area contributed by atoms with Crippen molar-refractivity contribution >= 4 is 11.6 Å². The number of hydrogen-bond acceptors (Lipinski definition) is 2. The summed E-state index contributed by atoms with van der Waals surface area (Å²) in [6, 6.07) is 2.11. The van der Waals surface area contributed by atoms with Gasteiger partial charge in [0, 0.05) is 29.2 Å². The predicted octanol–water partition coefficient (Wildman–Crippen LogP) is 2.92. The molecule has 0 amide bonds. The number of rotatable bonds is 3. The lowest BCUT2D eigenvalue weighted by molar-refractivity contribution is 0.177. The van der Waals surface area contributed by atoms with Crippen molar-refractivity contribution in [3.05, 3.63) is 34.4 Å². The maximum Gasteiger partial charge on any atom is 0.165 e. The van der Waals surface area contributed by atoms with Crippen molar-refractivity contribution in [2.24, 2.45) is 5.92 Å². The van der Waals surface area contributed by atoms with E-state index in [0.29, 0.717) is 13.2 Å². The van der Waals surface area contributed by atoms with Crippen molar-refractivity contribution in [3.8, 4) is 0 Å². The van der Waals surface area contributed by atoms with Gasteiger partial charge in [0.2, 0.25) is 0 Å². The first-order chi connectivity index (χ1) is 8.15. The zero-order valence-electron chi connectivity index (χ0n) is 9.47. The zero-order chi connectivity index (χ0) is 12.4. The molecular formula is C12H14ClF2NO. The van der Waals surface area contributed by atoms with Gasteiger partial charge < -0.3 is 10.1 Å². The van der Waals surface area contributed by atoms with Crippen molar-refractivity contribution in [3.63, 3.8) is 0 Å². The van der Waals surface area contributed by atoms with Gasteiger partial charge in [-0.1, -0.05) is 11.6 Å². The van der Waals surface area contributed by atoms with Gasteiger partial charge in [-0.05, 0) is 25.6 Å². The average molecular weight is 262 g/mol. The van der Waals surface area contributed by atoms with E-state index in [-0.39, 0.29) is 22.5 Å². The molecule has 1 heterocycles. The van der Waals surface area contributed by atoms with Crippen LogP contribution in [0.4, 0.5) is 8.78 Å². The highest BCUT2D eigenvalue weighted by Crippen LogP contribution is 2.35. The van der Waals surface area contributed by atoms with Crippen LogP contribution in [0.15, 0.2) is 12.1 Å². The summed E-state index contributed by atoms with van der Waals surface area (Å²) in [6.45, 7) is 1.19. The average Bonchev–Trinajstić information content (AvgIpc) is 2.83. The van der Waals surface area contributed by atoms with Crippen molar-refractivity contribution in [1.29, 1.82) is 0 Å². The zero-order valence-corrected chi connectivity index (χ0v) is 10.2. The Morgan fingerprint density at radius 1 is 1.47 bits per heavy atom. The van der Waals surface area contributed by atoms with Gasteiger partial charge in [0.15, 0.2) is 11.6 Å². The fourth-order valence-electron chi connectivity index (χ4n) is 2.26. The lowest BCUT2D eigenvalue weighted by Gasteiger charge is -2.23. The summed E-state index contributed by atoms with van der Waals surface area (Å²) in [5.74, 6) is -1.62. The standard InChI is InChI=1S/C12H14ClF2NO/c1-16-12(7-4-5-17-6-7)10-8(13)2-3-9(14)11(10)15/h2-3,7,12,16H,4-6H2,1H3. The van der Waals surface area contributed by atoms with Gasteiger partial charge >= 0.3 is 0 Å². The van der Waals surface area contributed by atoms with Crippen LogP contribution in [0.25, 0.3) is 0 Å². The summed E-state index contributed by atoms with van der Waals surface area (Å²) in [5.41, 5.74) is 0.199. The van der Waals surface area contributed by atoms with E-state index in [1.54, 1.807) is 7.05 Å². The monoisotopic (exact) mass is 261 g/mol. The van der Waals surface area contributed by atoms with E-state index < -0.39 is 11.6 Å². The molecule has 0 radical (unpaired) electrons. The Morgan fingerprint density at radius 2 is 2.24 bits per heavy atom. The molecule has 94 valence electrons. The molecule has 0 aliphatic carbocycles. The van der Waals surface area contributed by atoms with E-state index in [2.05, 4.69) is 5.32 Å². The molecule has 1 fully saturated rings. The van der Waals surface area contributed by atoms with E-state index in [1.165, 1.54) is 6.07 Å². The van der Waals surface area contributed by atoms with E-state index >= 15 is 0 Å². The minimum absolute atomic E-state index is 0.119. The van der Waals surface area contributed by atoms with Crippen LogP contribution in [0.5, 0.6) is 0 Å². The first kappa shape index (κ1) is 12.7. The highest BCUT2D eigenvalue weighted by Gasteiger charge is 2.30. The maximum atomic E-state index is 13.8. The van der Waals surface area contributed by atoms with Crippen LogP contribution in [0, 0.1) is 17.6 Å². The molecule has 0 saturated carbocycles. The van der Waals surface area contributed by atoms with Crippen LogP contribution < -0.4 is 5.32 Å². The molecule has 2 nitrogen and oxygen atoms in total. The van der Waals surface area contributed by atoms with Crippen molar-refractivity contribution in [2.75, 3.05) is 20.3 Å². The Bertz CT molecular complexity index is 408. The lowest BCUT2D eigenvalue weighted by atomic mass is 9.92. The number of benzene rings is 1. The Morgan fingerprint density at radius 3 is 2.82 bits per heavy atom. The molecule has 2 unspecified atom stereocenters. The molecule has 1 aromatic rings. The SMILES string of the molecule is CNC(c1c(Cl)ccc(F)c1F)C1CCOC1. The quantitative estimate of drug-likeness (QED) is 0.845. The Hall–Kier alpha value is -0.710. The molecule has 5 heteroatoms. The Kier molecular flexibility index (Phi) is 3.97. The first-order valence-corrected chi connectivity index (χ1v) is 5.91. The summed E-state index contributed by atoms with van der Waals surface area (Å²) in [7, 11) is 1.71. The topological polar surface area (TPSA) is 21.3 Å². The van der Waals surface area contributed by atoms with Gasteiger partial charge in [0.05, 0.1) is 6.61 Å². The van der Waals surface area contributed by atoms with Crippen LogP contribution in [0.2, 0.25) is 5.02 Å². The molecule has 1 N–H and O–H groups in total. The minimum atomic E-state index is -0.872. The molecule has 0 bridgehead atoms. The normalized spacial score (nSPS) is 21.8. The highest BCUT2D eigenvalue weighted by atomic mass is 35.5. The molecule has 1 aliphatic rings. The molecule has 0 aromatic heterocycles. The fraction of sp³-hybridized carbons (Fsp3) is 0.500. The second-order valence-electron chi connectivity index (χ2n) is 4.15. The maximum absolute atomic E-state index is 13.8. The number of halogens is 3. The van der Waals surface area contributed by atoms with Gasteiger partial charge in [0.1, 0.15) is 0 Å². The molecule has 0 spiro atoms. The third kappa shape index (κ3) is 2.44.